The van der Waals surface area contributed by atoms with Crippen molar-refractivity contribution >= 4 is 17.8 Å². The second-order valence-electron chi connectivity index (χ2n) is 7.72. The molecule has 7 nitrogen and oxygen atoms in total. The molecule has 0 aliphatic carbocycles. The summed E-state index contributed by atoms with van der Waals surface area (Å²) >= 11 is 0. The van der Waals surface area contributed by atoms with Crippen molar-refractivity contribution in [2.45, 2.75) is 32.6 Å². The lowest BCUT2D eigenvalue weighted by atomic mass is 10.1. The van der Waals surface area contributed by atoms with Crippen LogP contribution in [-0.4, -0.2) is 40.8 Å². The van der Waals surface area contributed by atoms with Crippen LogP contribution in [0.15, 0.2) is 59.1 Å². The minimum Gasteiger partial charge on any atom is -0.466 e. The van der Waals surface area contributed by atoms with Crippen molar-refractivity contribution in [1.82, 2.24) is 9.88 Å². The summed E-state index contributed by atoms with van der Waals surface area (Å²) in [6, 6.07) is 14.8. The van der Waals surface area contributed by atoms with Gasteiger partial charge in [-0.05, 0) is 31.9 Å². The Morgan fingerprint density at radius 2 is 1.69 bits per heavy atom. The molecule has 4 rings (SSSR count). The number of oxazole rings is 1. The number of imide groups is 1. The van der Waals surface area contributed by atoms with Crippen LogP contribution in [0.1, 0.15) is 51.4 Å². The Morgan fingerprint density at radius 1 is 1.00 bits per heavy atom. The fourth-order valence-corrected chi connectivity index (χ4v) is 3.56. The first-order chi connectivity index (χ1) is 15.5. The van der Waals surface area contributed by atoms with Gasteiger partial charge in [0.2, 0.25) is 0 Å². The number of aromatic nitrogens is 1. The van der Waals surface area contributed by atoms with Gasteiger partial charge in [-0.2, -0.15) is 0 Å². The summed E-state index contributed by atoms with van der Waals surface area (Å²) in [5.74, 6) is 0.294. The fraction of sp³-hybridized carbons (Fsp3) is 0.280. The molecule has 2 heterocycles. The molecule has 0 saturated heterocycles. The van der Waals surface area contributed by atoms with Crippen molar-refractivity contribution in [3.8, 4) is 11.3 Å². The third-order valence-electron chi connectivity index (χ3n) is 5.35. The molecule has 2 amide bonds. The van der Waals surface area contributed by atoms with Gasteiger partial charge >= 0.3 is 5.97 Å². The van der Waals surface area contributed by atoms with Crippen LogP contribution in [0, 0.1) is 6.92 Å². The lowest BCUT2D eigenvalue weighted by molar-refractivity contribution is -0.143. The monoisotopic (exact) mass is 432 g/mol. The van der Waals surface area contributed by atoms with Crippen molar-refractivity contribution in [3.05, 3.63) is 77.3 Å². The number of carbonyl (C=O) groups excluding carboxylic acids is 3. The van der Waals surface area contributed by atoms with Crippen LogP contribution >= 0.6 is 0 Å². The minimum absolute atomic E-state index is 0.173. The topological polar surface area (TPSA) is 89.7 Å². The van der Waals surface area contributed by atoms with Crippen LogP contribution in [0.4, 0.5) is 0 Å². The van der Waals surface area contributed by atoms with Gasteiger partial charge in [-0.25, -0.2) is 4.98 Å². The number of hydrogen-bond acceptors (Lipinski definition) is 6. The Hall–Kier alpha value is -3.74. The van der Waals surface area contributed by atoms with Crippen molar-refractivity contribution in [2.75, 3.05) is 13.2 Å². The van der Waals surface area contributed by atoms with Crippen molar-refractivity contribution in [2.24, 2.45) is 0 Å². The smallest absolute Gasteiger partial charge is 0.306 e. The van der Waals surface area contributed by atoms with E-state index < -0.39 is 0 Å². The number of amides is 2. The number of aryl methyl sites for hydroxylation is 2. The van der Waals surface area contributed by atoms with E-state index in [1.165, 1.54) is 10.5 Å². The van der Waals surface area contributed by atoms with Gasteiger partial charge in [0.1, 0.15) is 0 Å². The van der Waals surface area contributed by atoms with Gasteiger partial charge in [0.15, 0.2) is 11.7 Å². The number of carbonyl (C=O) groups is 3. The maximum atomic E-state index is 12.3. The van der Waals surface area contributed by atoms with E-state index >= 15 is 0 Å². The molecule has 1 aliphatic rings. The predicted molar refractivity (Wildman–Crippen MR) is 117 cm³/mol. The third-order valence-corrected chi connectivity index (χ3v) is 5.35. The summed E-state index contributed by atoms with van der Waals surface area (Å²) in [4.78, 5) is 42.1. The van der Waals surface area contributed by atoms with E-state index in [2.05, 4.69) is 4.98 Å². The number of hydrogen-bond donors (Lipinski definition) is 0. The Labute approximate surface area is 186 Å². The molecule has 0 spiro atoms. The molecule has 0 fully saturated rings. The quantitative estimate of drug-likeness (QED) is 0.286. The van der Waals surface area contributed by atoms with Crippen LogP contribution in [0.5, 0.6) is 0 Å². The third kappa shape index (κ3) is 4.77. The van der Waals surface area contributed by atoms with Gasteiger partial charge in [-0.15, -0.1) is 0 Å². The molecule has 32 heavy (non-hydrogen) atoms. The maximum absolute atomic E-state index is 12.3. The average molecular weight is 432 g/mol. The van der Waals surface area contributed by atoms with Crippen molar-refractivity contribution in [1.29, 1.82) is 0 Å². The van der Waals surface area contributed by atoms with Crippen LogP contribution in [0.3, 0.4) is 0 Å². The van der Waals surface area contributed by atoms with Crippen LogP contribution in [0.2, 0.25) is 0 Å². The second kappa shape index (κ2) is 9.60. The molecule has 3 aromatic rings. The first-order valence-electron chi connectivity index (χ1n) is 10.7. The first kappa shape index (κ1) is 21.5. The van der Waals surface area contributed by atoms with Crippen molar-refractivity contribution < 1.29 is 23.5 Å². The van der Waals surface area contributed by atoms with E-state index in [-0.39, 0.29) is 30.8 Å². The predicted octanol–water partition coefficient (Wildman–Crippen LogP) is 4.20. The lowest BCUT2D eigenvalue weighted by Crippen LogP contribution is -2.30. The molecule has 164 valence electrons. The number of fused-ring (bicyclic) bond motifs is 1. The second-order valence-corrected chi connectivity index (χ2v) is 7.72. The van der Waals surface area contributed by atoms with Gasteiger partial charge in [0.25, 0.3) is 11.8 Å². The molecule has 0 bridgehead atoms. The molecule has 7 heteroatoms. The molecule has 2 aromatic carbocycles. The summed E-state index contributed by atoms with van der Waals surface area (Å²) in [5, 5.41) is 0. The molecule has 0 N–H and O–H groups in total. The Balaban J connectivity index is 1.15. The van der Waals surface area contributed by atoms with E-state index in [1.807, 2.05) is 31.2 Å². The molecular weight excluding hydrogens is 408 g/mol. The standard InChI is InChI=1S/C25H24N2O5/c1-17-8-10-18(11-9-17)21-16-26-22(32-21)12-13-23(28)31-15-5-4-14-27-24(29)19-6-2-3-7-20(19)25(27)30/h2-3,6-11,16H,4-5,12-15H2,1H3. The zero-order chi connectivity index (χ0) is 22.5. The normalized spacial score (nSPS) is 12.8. The van der Waals surface area contributed by atoms with Gasteiger partial charge in [0, 0.05) is 18.5 Å². The first-order valence-corrected chi connectivity index (χ1v) is 10.7. The molecule has 1 aliphatic heterocycles. The lowest BCUT2D eigenvalue weighted by Gasteiger charge is -2.13. The average Bonchev–Trinajstić information content (AvgIpc) is 3.37. The van der Waals surface area contributed by atoms with Crippen molar-refractivity contribution in [3.63, 3.8) is 0 Å². The van der Waals surface area contributed by atoms with E-state index in [4.69, 9.17) is 9.15 Å². The summed E-state index contributed by atoms with van der Waals surface area (Å²) in [7, 11) is 0. The highest BCUT2D eigenvalue weighted by Gasteiger charge is 2.34. The van der Waals surface area contributed by atoms with Crippen LogP contribution in [-0.2, 0) is 16.0 Å². The van der Waals surface area contributed by atoms with Gasteiger partial charge < -0.3 is 9.15 Å². The zero-order valence-corrected chi connectivity index (χ0v) is 17.9. The van der Waals surface area contributed by atoms with Gasteiger partial charge in [-0.3, -0.25) is 19.3 Å². The zero-order valence-electron chi connectivity index (χ0n) is 17.9. The molecule has 1 aromatic heterocycles. The summed E-state index contributed by atoms with van der Waals surface area (Å²) in [5.41, 5.74) is 3.00. The SMILES string of the molecule is Cc1ccc(-c2cnc(CCC(=O)OCCCCN3C(=O)c4ccccc4C3=O)o2)cc1. The molecule has 0 saturated carbocycles. The summed E-state index contributed by atoms with van der Waals surface area (Å²) < 4.78 is 11.0. The Morgan fingerprint density at radius 3 is 2.38 bits per heavy atom. The van der Waals surface area contributed by atoms with E-state index in [9.17, 15) is 14.4 Å². The Kier molecular flexibility index (Phi) is 6.44. The molecule has 0 unspecified atom stereocenters. The highest BCUT2D eigenvalue weighted by Crippen LogP contribution is 2.23. The number of unbranched alkanes of at least 4 members (excludes halogenated alkanes) is 1. The molecule has 0 radical (unpaired) electrons. The van der Waals surface area contributed by atoms with E-state index in [0.29, 0.717) is 48.6 Å². The number of esters is 1. The highest BCUT2D eigenvalue weighted by molar-refractivity contribution is 6.21. The largest absolute Gasteiger partial charge is 0.466 e. The Bertz CT molecular complexity index is 1100. The number of ether oxygens (including phenoxy) is 1. The number of nitrogens with zero attached hydrogens (tertiary/aromatic N) is 2. The number of benzene rings is 2. The highest BCUT2D eigenvalue weighted by atomic mass is 16.5. The maximum Gasteiger partial charge on any atom is 0.306 e. The fourth-order valence-electron chi connectivity index (χ4n) is 3.56. The van der Waals surface area contributed by atoms with Gasteiger partial charge in [0.05, 0.1) is 30.4 Å². The van der Waals surface area contributed by atoms with Crippen LogP contribution < -0.4 is 0 Å². The summed E-state index contributed by atoms with van der Waals surface area (Å²) in [6.07, 6.45) is 3.32. The van der Waals surface area contributed by atoms with E-state index in [0.717, 1.165) is 5.56 Å². The van der Waals surface area contributed by atoms with E-state index in [1.54, 1.807) is 30.5 Å². The number of rotatable bonds is 9. The van der Waals surface area contributed by atoms with Crippen LogP contribution in [0.25, 0.3) is 11.3 Å². The van der Waals surface area contributed by atoms with Gasteiger partial charge in [-0.1, -0.05) is 42.0 Å². The minimum atomic E-state index is -0.333. The summed E-state index contributed by atoms with van der Waals surface area (Å²) in [6.45, 7) is 2.57. The molecule has 0 atom stereocenters. The molecular formula is C25H24N2O5.